The Morgan fingerprint density at radius 3 is 2.62 bits per heavy atom. The molecule has 0 radical (unpaired) electrons. The molecule has 1 aliphatic rings. The largest absolute Gasteiger partial charge is 0.379 e. The molecule has 0 aliphatic carbocycles. The Morgan fingerprint density at radius 1 is 1.38 bits per heavy atom. The van der Waals surface area contributed by atoms with Crippen LogP contribution in [0, 0.1) is 0 Å². The fraction of sp³-hybridized carbons (Fsp3) is 1.00. The van der Waals surface area contributed by atoms with Crippen LogP contribution in [0.1, 0.15) is 20.8 Å². The standard InChI is InChI=1S/C10H21NO2/c1-8(2)11-5-6-13-10(7-11)9(3)12-4/h8-10H,5-7H2,1-4H3/t9-,10-/m0/s1. The number of ether oxygens (including phenoxy) is 2. The SMILES string of the molecule is CO[C@@H](C)[C@@H]1CN(C(C)C)CCO1. The van der Waals surface area contributed by atoms with Crippen molar-refractivity contribution in [2.75, 3.05) is 26.8 Å². The highest BCUT2D eigenvalue weighted by Gasteiger charge is 2.26. The van der Waals surface area contributed by atoms with Gasteiger partial charge in [-0.25, -0.2) is 0 Å². The third kappa shape index (κ3) is 2.93. The minimum atomic E-state index is 0.196. The van der Waals surface area contributed by atoms with Crippen molar-refractivity contribution in [2.24, 2.45) is 0 Å². The molecule has 1 rings (SSSR count). The zero-order chi connectivity index (χ0) is 9.84. The number of hydrogen-bond donors (Lipinski definition) is 0. The molecule has 0 bridgehead atoms. The maximum atomic E-state index is 5.64. The topological polar surface area (TPSA) is 21.7 Å². The molecule has 0 aromatic rings. The van der Waals surface area contributed by atoms with Crippen molar-refractivity contribution in [3.63, 3.8) is 0 Å². The van der Waals surface area contributed by atoms with Crippen LogP contribution in [0.15, 0.2) is 0 Å². The first-order valence-electron chi connectivity index (χ1n) is 5.03. The van der Waals surface area contributed by atoms with E-state index < -0.39 is 0 Å². The van der Waals surface area contributed by atoms with Gasteiger partial charge in [-0.2, -0.15) is 0 Å². The minimum absolute atomic E-state index is 0.196. The molecule has 1 aliphatic heterocycles. The van der Waals surface area contributed by atoms with Crippen LogP contribution in [0.4, 0.5) is 0 Å². The molecule has 0 N–H and O–H groups in total. The van der Waals surface area contributed by atoms with Gasteiger partial charge in [-0.1, -0.05) is 0 Å². The highest BCUT2D eigenvalue weighted by Crippen LogP contribution is 2.12. The molecule has 3 nitrogen and oxygen atoms in total. The van der Waals surface area contributed by atoms with E-state index in [1.165, 1.54) is 0 Å². The molecule has 0 spiro atoms. The van der Waals surface area contributed by atoms with Crippen molar-refractivity contribution in [3.8, 4) is 0 Å². The zero-order valence-corrected chi connectivity index (χ0v) is 9.12. The van der Waals surface area contributed by atoms with E-state index in [1.807, 2.05) is 0 Å². The van der Waals surface area contributed by atoms with E-state index in [1.54, 1.807) is 7.11 Å². The molecular weight excluding hydrogens is 166 g/mol. The zero-order valence-electron chi connectivity index (χ0n) is 9.12. The summed E-state index contributed by atoms with van der Waals surface area (Å²) in [5.41, 5.74) is 0. The van der Waals surface area contributed by atoms with Gasteiger partial charge in [0, 0.05) is 26.2 Å². The van der Waals surface area contributed by atoms with Crippen molar-refractivity contribution in [1.82, 2.24) is 4.90 Å². The van der Waals surface area contributed by atoms with Crippen LogP contribution < -0.4 is 0 Å². The smallest absolute Gasteiger partial charge is 0.0960 e. The number of nitrogens with zero attached hydrogens (tertiary/aromatic N) is 1. The Hall–Kier alpha value is -0.120. The van der Waals surface area contributed by atoms with Crippen molar-refractivity contribution < 1.29 is 9.47 Å². The molecule has 13 heavy (non-hydrogen) atoms. The average molecular weight is 187 g/mol. The van der Waals surface area contributed by atoms with E-state index in [0.29, 0.717) is 6.04 Å². The molecule has 3 heteroatoms. The van der Waals surface area contributed by atoms with E-state index >= 15 is 0 Å². The average Bonchev–Trinajstić information content (AvgIpc) is 2.17. The van der Waals surface area contributed by atoms with Gasteiger partial charge in [0.25, 0.3) is 0 Å². The highest BCUT2D eigenvalue weighted by molar-refractivity contribution is 4.77. The van der Waals surface area contributed by atoms with Crippen LogP contribution in [0.25, 0.3) is 0 Å². The first-order valence-corrected chi connectivity index (χ1v) is 5.03. The molecule has 0 aromatic carbocycles. The molecule has 1 fully saturated rings. The molecule has 0 unspecified atom stereocenters. The third-order valence-corrected chi connectivity index (χ3v) is 2.75. The third-order valence-electron chi connectivity index (χ3n) is 2.75. The van der Waals surface area contributed by atoms with Gasteiger partial charge in [0.2, 0.25) is 0 Å². The summed E-state index contributed by atoms with van der Waals surface area (Å²) in [7, 11) is 1.74. The monoisotopic (exact) mass is 187 g/mol. The summed E-state index contributed by atoms with van der Waals surface area (Å²) in [6.07, 6.45) is 0.433. The van der Waals surface area contributed by atoms with Crippen LogP contribution in [0.3, 0.4) is 0 Å². The summed E-state index contributed by atoms with van der Waals surface area (Å²) in [5.74, 6) is 0. The van der Waals surface area contributed by atoms with Gasteiger partial charge in [0.15, 0.2) is 0 Å². The predicted molar refractivity (Wildman–Crippen MR) is 52.9 cm³/mol. The summed E-state index contributed by atoms with van der Waals surface area (Å²) in [6, 6.07) is 0.607. The lowest BCUT2D eigenvalue weighted by atomic mass is 10.1. The van der Waals surface area contributed by atoms with Gasteiger partial charge >= 0.3 is 0 Å². The lowest BCUT2D eigenvalue weighted by Gasteiger charge is -2.37. The van der Waals surface area contributed by atoms with E-state index in [4.69, 9.17) is 9.47 Å². The van der Waals surface area contributed by atoms with Crippen LogP contribution in [0.5, 0.6) is 0 Å². The Bertz CT molecular complexity index is 150. The molecule has 2 atom stereocenters. The first-order chi connectivity index (χ1) is 6.15. The quantitative estimate of drug-likeness (QED) is 0.661. The van der Waals surface area contributed by atoms with Gasteiger partial charge < -0.3 is 9.47 Å². The summed E-state index contributed by atoms with van der Waals surface area (Å²) in [4.78, 5) is 2.43. The second-order valence-electron chi connectivity index (χ2n) is 3.94. The minimum Gasteiger partial charge on any atom is -0.379 e. The summed E-state index contributed by atoms with van der Waals surface area (Å²) >= 11 is 0. The number of methoxy groups -OCH3 is 1. The van der Waals surface area contributed by atoms with E-state index in [2.05, 4.69) is 25.7 Å². The van der Waals surface area contributed by atoms with Crippen LogP contribution in [-0.4, -0.2) is 50.0 Å². The van der Waals surface area contributed by atoms with E-state index in [0.717, 1.165) is 19.7 Å². The molecule has 78 valence electrons. The van der Waals surface area contributed by atoms with E-state index in [-0.39, 0.29) is 12.2 Å². The first kappa shape index (κ1) is 11.0. The van der Waals surface area contributed by atoms with Crippen LogP contribution in [-0.2, 0) is 9.47 Å². The molecule has 1 saturated heterocycles. The molecule has 0 aromatic heterocycles. The Morgan fingerprint density at radius 2 is 2.08 bits per heavy atom. The normalized spacial score (nSPS) is 27.9. The number of rotatable bonds is 3. The summed E-state index contributed by atoms with van der Waals surface area (Å²) < 4.78 is 10.9. The van der Waals surface area contributed by atoms with Crippen LogP contribution in [0.2, 0.25) is 0 Å². The fourth-order valence-electron chi connectivity index (χ4n) is 1.60. The summed E-state index contributed by atoms with van der Waals surface area (Å²) in [6.45, 7) is 9.38. The second-order valence-corrected chi connectivity index (χ2v) is 3.94. The Kier molecular flexibility index (Phi) is 4.16. The van der Waals surface area contributed by atoms with Crippen molar-refractivity contribution in [1.29, 1.82) is 0 Å². The maximum absolute atomic E-state index is 5.64. The predicted octanol–water partition coefficient (Wildman–Crippen LogP) is 1.13. The lowest BCUT2D eigenvalue weighted by Crippen LogP contribution is -2.49. The van der Waals surface area contributed by atoms with Crippen molar-refractivity contribution >= 4 is 0 Å². The van der Waals surface area contributed by atoms with Crippen LogP contribution >= 0.6 is 0 Å². The molecule has 0 saturated carbocycles. The van der Waals surface area contributed by atoms with Gasteiger partial charge in [0.1, 0.15) is 0 Å². The van der Waals surface area contributed by atoms with Gasteiger partial charge in [-0.3, -0.25) is 4.90 Å². The number of hydrogen-bond acceptors (Lipinski definition) is 3. The van der Waals surface area contributed by atoms with Gasteiger partial charge in [0.05, 0.1) is 18.8 Å². The van der Waals surface area contributed by atoms with Gasteiger partial charge in [-0.05, 0) is 20.8 Å². The second kappa shape index (κ2) is 4.94. The fourth-order valence-corrected chi connectivity index (χ4v) is 1.60. The van der Waals surface area contributed by atoms with Crippen molar-refractivity contribution in [2.45, 2.75) is 39.0 Å². The Labute approximate surface area is 81.0 Å². The highest BCUT2D eigenvalue weighted by atomic mass is 16.5. The lowest BCUT2D eigenvalue weighted by molar-refractivity contribution is -0.0998. The van der Waals surface area contributed by atoms with E-state index in [9.17, 15) is 0 Å². The Balaban J connectivity index is 2.41. The van der Waals surface area contributed by atoms with Gasteiger partial charge in [-0.15, -0.1) is 0 Å². The molecular formula is C10H21NO2. The molecule has 0 amide bonds. The van der Waals surface area contributed by atoms with Crippen molar-refractivity contribution in [3.05, 3.63) is 0 Å². The maximum Gasteiger partial charge on any atom is 0.0960 e. The number of morpholine rings is 1. The molecule has 1 heterocycles. The summed E-state index contributed by atoms with van der Waals surface area (Å²) in [5, 5.41) is 0.